The lowest BCUT2D eigenvalue weighted by molar-refractivity contribution is -0.136. The maximum Gasteiger partial charge on any atom is 0.335 e. The molecule has 11 nitrogen and oxygen atoms in total. The number of carbonyl (C=O) groups excluding carboxylic acids is 2. The Bertz CT molecular complexity index is 2040. The highest BCUT2D eigenvalue weighted by molar-refractivity contribution is 7.88. The third-order valence-electron chi connectivity index (χ3n) is 8.94. The van der Waals surface area contributed by atoms with Gasteiger partial charge in [-0.15, -0.1) is 11.3 Å². The molecule has 0 radical (unpaired) electrons. The van der Waals surface area contributed by atoms with E-state index in [4.69, 9.17) is 5.11 Å². The molecule has 0 bridgehead atoms. The fourth-order valence-corrected chi connectivity index (χ4v) is 9.09. The third-order valence-corrected chi connectivity index (χ3v) is 11.9. The lowest BCUT2D eigenvalue weighted by Crippen LogP contribution is -2.33. The van der Waals surface area contributed by atoms with E-state index in [1.165, 1.54) is 17.4 Å². The molecule has 50 heavy (non-hydrogen) atoms. The maximum atomic E-state index is 13.8. The van der Waals surface area contributed by atoms with Gasteiger partial charge in [-0.2, -0.15) is 0 Å². The minimum Gasteiger partial charge on any atom is -0.480 e. The molecule has 13 heteroatoms. The van der Waals surface area contributed by atoms with E-state index in [1.807, 2.05) is 24.3 Å². The highest BCUT2D eigenvalue weighted by atomic mass is 32.2. The highest BCUT2D eigenvalue weighted by Gasteiger charge is 2.31. The van der Waals surface area contributed by atoms with Crippen molar-refractivity contribution in [3.8, 4) is 0 Å². The van der Waals surface area contributed by atoms with E-state index in [2.05, 4.69) is 16.7 Å². The normalized spacial score (nSPS) is 16.4. The van der Waals surface area contributed by atoms with Crippen LogP contribution in [0.4, 0.5) is 5.00 Å². The molecule has 1 aromatic heterocycles. The first-order valence-electron chi connectivity index (χ1n) is 16.4. The van der Waals surface area contributed by atoms with E-state index < -0.39 is 40.2 Å². The van der Waals surface area contributed by atoms with Gasteiger partial charge in [-0.3, -0.25) is 18.7 Å². The lowest BCUT2D eigenvalue weighted by atomic mass is 9.92. The van der Waals surface area contributed by atoms with E-state index in [-0.39, 0.29) is 23.0 Å². The molecule has 1 heterocycles. The topological polar surface area (TPSA) is 170 Å². The van der Waals surface area contributed by atoms with Crippen LogP contribution in [0.2, 0.25) is 0 Å². The Morgan fingerprint density at radius 2 is 1.66 bits per heavy atom. The van der Waals surface area contributed by atoms with E-state index in [9.17, 15) is 32.7 Å². The van der Waals surface area contributed by atoms with Crippen LogP contribution < -0.4 is 10.6 Å². The molecule has 0 saturated heterocycles. The number of aryl methyl sites for hydroxylation is 2. The van der Waals surface area contributed by atoms with Crippen molar-refractivity contribution >= 4 is 50.1 Å². The number of hydrogen-bond donors (Lipinski definition) is 4. The second-order valence-electron chi connectivity index (χ2n) is 12.6. The van der Waals surface area contributed by atoms with Gasteiger partial charge in [0.2, 0.25) is 10.0 Å². The molecule has 6 rings (SSSR count). The molecule has 3 aliphatic rings. The van der Waals surface area contributed by atoms with Gasteiger partial charge in [0.05, 0.1) is 16.9 Å². The van der Waals surface area contributed by atoms with Gasteiger partial charge in [-0.25, -0.2) is 13.2 Å². The largest absolute Gasteiger partial charge is 0.480 e. The van der Waals surface area contributed by atoms with Gasteiger partial charge in [0.1, 0.15) is 11.5 Å². The van der Waals surface area contributed by atoms with Crippen LogP contribution in [0.1, 0.15) is 84.7 Å². The Labute approximate surface area is 294 Å². The zero-order valence-corrected chi connectivity index (χ0v) is 28.8. The average molecular weight is 716 g/mol. The number of benzene rings is 2. The number of anilines is 1. The van der Waals surface area contributed by atoms with Gasteiger partial charge in [0.25, 0.3) is 11.8 Å². The summed E-state index contributed by atoms with van der Waals surface area (Å²) in [5.74, 6) is -3.19. The van der Waals surface area contributed by atoms with E-state index in [0.717, 1.165) is 65.3 Å². The quantitative estimate of drug-likeness (QED) is 0.160. The van der Waals surface area contributed by atoms with Crippen molar-refractivity contribution in [2.24, 2.45) is 5.92 Å². The van der Waals surface area contributed by atoms with E-state index >= 15 is 0 Å². The van der Waals surface area contributed by atoms with Crippen molar-refractivity contribution in [2.45, 2.75) is 57.1 Å². The first-order chi connectivity index (χ1) is 24.0. The molecule has 3 aromatic rings. The van der Waals surface area contributed by atoms with Gasteiger partial charge in [-0.1, -0.05) is 42.5 Å². The second kappa shape index (κ2) is 14.9. The number of allylic oxidation sites excluding steroid dienone is 5. The van der Waals surface area contributed by atoms with Crippen molar-refractivity contribution in [3.05, 3.63) is 122 Å². The standard InChI is InChI=1S/C37H37N3O8S2/c41-32(42)21-40(29-18-19-29)50(47,48)22-25-4-3-5-27(20-25)34(43)39-36-33(30-6-1-2-7-31(30)49-36)35(44)38-28-16-12-24(13-17-28)9-8-23-10-14-26(15-11-23)37(45)46/h3-5,10-12,14-18,20,24H,1-2,6-9,13,19,21-22H2,(H,38,44)(H,39,43)(H,41,42)(H,45,46). The minimum absolute atomic E-state index is 0.215. The molecule has 0 aliphatic heterocycles. The Kier molecular flexibility index (Phi) is 10.3. The summed E-state index contributed by atoms with van der Waals surface area (Å²) >= 11 is 1.39. The van der Waals surface area contributed by atoms with Gasteiger partial charge >= 0.3 is 11.9 Å². The number of carboxylic acids is 2. The summed E-state index contributed by atoms with van der Waals surface area (Å²) in [4.78, 5) is 50.8. The molecule has 260 valence electrons. The monoisotopic (exact) mass is 715 g/mol. The predicted molar refractivity (Wildman–Crippen MR) is 190 cm³/mol. The van der Waals surface area contributed by atoms with Crippen LogP contribution in [0, 0.1) is 5.92 Å². The summed E-state index contributed by atoms with van der Waals surface area (Å²) in [5.41, 5.74) is 4.38. The number of fused-ring (bicyclic) bond motifs is 1. The number of nitrogens with one attached hydrogen (secondary N) is 2. The van der Waals surface area contributed by atoms with Crippen LogP contribution in [0.5, 0.6) is 0 Å². The molecular weight excluding hydrogens is 679 g/mol. The van der Waals surface area contributed by atoms with Crippen molar-refractivity contribution in [1.29, 1.82) is 0 Å². The SMILES string of the molecule is O=C(O)CN(C1=CC1)S(=O)(=O)Cc1cccc(C(=O)Nc2sc3c(c2C(=O)NC2=CCC(CCc4ccc(C(=O)O)cc4)C=C2)CCCC3)c1. The number of carbonyl (C=O) groups is 4. The fourth-order valence-electron chi connectivity index (χ4n) is 6.24. The molecule has 3 aliphatic carbocycles. The molecule has 1 unspecified atom stereocenters. The van der Waals surface area contributed by atoms with Gasteiger partial charge in [-0.05, 0) is 97.9 Å². The molecule has 2 amide bonds. The molecular formula is C37H37N3O8S2. The zero-order valence-electron chi connectivity index (χ0n) is 27.2. The molecule has 2 aromatic carbocycles. The molecule has 1 atom stereocenters. The number of nitrogens with zero attached hydrogens (tertiary/aromatic N) is 1. The van der Waals surface area contributed by atoms with E-state index in [1.54, 1.807) is 36.4 Å². The number of carboxylic acid groups (broad SMARTS) is 2. The fraction of sp³-hybridized carbons (Fsp3) is 0.297. The van der Waals surface area contributed by atoms with Gasteiger partial charge in [0.15, 0.2) is 0 Å². The molecule has 0 spiro atoms. The first-order valence-corrected chi connectivity index (χ1v) is 18.9. The summed E-state index contributed by atoms with van der Waals surface area (Å²) < 4.78 is 27.0. The summed E-state index contributed by atoms with van der Waals surface area (Å²) in [6.07, 6.45) is 13.9. The van der Waals surface area contributed by atoms with Crippen molar-refractivity contribution in [2.75, 3.05) is 11.9 Å². The predicted octanol–water partition coefficient (Wildman–Crippen LogP) is 5.90. The van der Waals surface area contributed by atoms with Crippen molar-refractivity contribution in [1.82, 2.24) is 9.62 Å². The van der Waals surface area contributed by atoms with Crippen LogP contribution in [0.15, 0.2) is 84.2 Å². The molecule has 0 fully saturated rings. The minimum atomic E-state index is -3.99. The first kappa shape index (κ1) is 34.8. The highest BCUT2D eigenvalue weighted by Crippen LogP contribution is 2.39. The number of sulfonamides is 1. The number of aromatic carboxylic acids is 1. The van der Waals surface area contributed by atoms with Crippen molar-refractivity contribution < 1.29 is 37.8 Å². The maximum absolute atomic E-state index is 13.8. The van der Waals surface area contributed by atoms with Gasteiger partial charge < -0.3 is 20.8 Å². The lowest BCUT2D eigenvalue weighted by Gasteiger charge is -2.20. The Hall–Kier alpha value is -5.01. The smallest absolute Gasteiger partial charge is 0.335 e. The third kappa shape index (κ3) is 8.40. The number of rotatable bonds is 14. The van der Waals surface area contributed by atoms with Crippen LogP contribution in [0.25, 0.3) is 0 Å². The van der Waals surface area contributed by atoms with Crippen LogP contribution >= 0.6 is 11.3 Å². The Balaban J connectivity index is 1.11. The van der Waals surface area contributed by atoms with Crippen LogP contribution in [-0.4, -0.2) is 53.2 Å². The summed E-state index contributed by atoms with van der Waals surface area (Å²) in [6.45, 7) is -0.665. The number of hydrogen-bond acceptors (Lipinski definition) is 7. The zero-order chi connectivity index (χ0) is 35.4. The number of aliphatic carboxylic acids is 1. The summed E-state index contributed by atoms with van der Waals surface area (Å²) in [7, 11) is -3.99. The average Bonchev–Trinajstić information content (AvgIpc) is 3.86. The van der Waals surface area contributed by atoms with Crippen molar-refractivity contribution in [3.63, 3.8) is 0 Å². The second-order valence-corrected chi connectivity index (χ2v) is 15.6. The number of amides is 2. The summed E-state index contributed by atoms with van der Waals surface area (Å²) in [6, 6.07) is 13.1. The Morgan fingerprint density at radius 3 is 2.34 bits per heavy atom. The van der Waals surface area contributed by atoms with E-state index in [0.29, 0.717) is 33.9 Å². The summed E-state index contributed by atoms with van der Waals surface area (Å²) in [5, 5.41) is 24.7. The molecule has 0 saturated carbocycles. The van der Waals surface area contributed by atoms with Crippen LogP contribution in [-0.2, 0) is 39.8 Å². The van der Waals surface area contributed by atoms with Gasteiger partial charge in [0, 0.05) is 28.3 Å². The Morgan fingerprint density at radius 1 is 0.900 bits per heavy atom. The molecule has 4 N–H and O–H groups in total. The van der Waals surface area contributed by atoms with Crippen LogP contribution in [0.3, 0.4) is 0 Å². The number of thiophene rings is 1.